The number of carbonyl (C=O) groups excluding carboxylic acids is 1. The lowest BCUT2D eigenvalue weighted by molar-refractivity contribution is 0.0940. The van der Waals surface area contributed by atoms with Crippen LogP contribution < -0.4 is 16.2 Å². The van der Waals surface area contributed by atoms with Gasteiger partial charge in [-0.2, -0.15) is 5.10 Å². The maximum Gasteiger partial charge on any atom is 0.272 e. The van der Waals surface area contributed by atoms with Crippen molar-refractivity contribution in [3.05, 3.63) is 40.3 Å². The maximum atomic E-state index is 12.3. The fourth-order valence-electron chi connectivity index (χ4n) is 2.69. The first kappa shape index (κ1) is 13.8. The van der Waals surface area contributed by atoms with Crippen LogP contribution >= 0.6 is 0 Å². The van der Waals surface area contributed by atoms with Gasteiger partial charge < -0.3 is 10.6 Å². The van der Waals surface area contributed by atoms with E-state index < -0.39 is 0 Å². The molecule has 21 heavy (non-hydrogen) atoms. The number of rotatable bonds is 3. The first-order valence-corrected chi connectivity index (χ1v) is 7.22. The molecule has 2 aromatic rings. The number of H-pyrrole nitrogens is 1. The molecule has 3 rings (SSSR count). The highest BCUT2D eigenvalue weighted by Gasteiger charge is 2.17. The largest absolute Gasteiger partial charge is 0.350 e. The average Bonchev–Trinajstić information content (AvgIpc) is 2.54. The molecule has 0 radical (unpaired) electrons. The van der Waals surface area contributed by atoms with Crippen LogP contribution in [0.5, 0.6) is 0 Å². The van der Waals surface area contributed by atoms with Gasteiger partial charge in [0.25, 0.3) is 11.5 Å². The number of hydrogen-bond donors (Lipinski definition) is 3. The fraction of sp³-hybridized carbons (Fsp3) is 0.400. The highest BCUT2D eigenvalue weighted by atomic mass is 16.2. The third-order valence-electron chi connectivity index (χ3n) is 3.92. The Bertz CT molecular complexity index is 704. The van der Waals surface area contributed by atoms with Gasteiger partial charge in [0.1, 0.15) is 0 Å². The van der Waals surface area contributed by atoms with E-state index in [-0.39, 0.29) is 17.2 Å². The number of fused-ring (bicyclic) bond motifs is 1. The number of aromatic amines is 1. The number of hydrogen-bond acceptors (Lipinski definition) is 4. The van der Waals surface area contributed by atoms with Crippen LogP contribution in [0.1, 0.15) is 23.3 Å². The minimum Gasteiger partial charge on any atom is -0.350 e. The number of benzene rings is 1. The molecule has 1 aliphatic rings. The molecular formula is C15H18N4O2. The van der Waals surface area contributed by atoms with Gasteiger partial charge in [0.05, 0.1) is 5.39 Å². The molecule has 1 fully saturated rings. The van der Waals surface area contributed by atoms with Crippen LogP contribution in [-0.2, 0) is 0 Å². The number of piperidine rings is 1. The SMILES string of the molecule is O=C(NCC1CCNCC1)c1n[nH]c(=O)c2ccccc12. The Morgan fingerprint density at radius 3 is 2.71 bits per heavy atom. The number of nitrogens with one attached hydrogen (secondary N) is 3. The lowest BCUT2D eigenvalue weighted by Crippen LogP contribution is -2.36. The summed E-state index contributed by atoms with van der Waals surface area (Å²) in [5.41, 5.74) is -0.000334. The van der Waals surface area contributed by atoms with Crippen LogP contribution in [0.15, 0.2) is 29.1 Å². The Labute approximate surface area is 121 Å². The molecule has 0 unspecified atom stereocenters. The Kier molecular flexibility index (Phi) is 3.96. The number of carbonyl (C=O) groups is 1. The molecule has 110 valence electrons. The molecule has 0 saturated carbocycles. The second kappa shape index (κ2) is 6.05. The Morgan fingerprint density at radius 1 is 1.24 bits per heavy atom. The molecule has 1 amide bonds. The van der Waals surface area contributed by atoms with Gasteiger partial charge in [-0.1, -0.05) is 18.2 Å². The van der Waals surface area contributed by atoms with Gasteiger partial charge in [0.15, 0.2) is 5.69 Å². The predicted octanol–water partition coefficient (Wildman–Crippen LogP) is 0.653. The molecule has 0 atom stereocenters. The summed E-state index contributed by atoms with van der Waals surface area (Å²) in [6.45, 7) is 2.65. The first-order chi connectivity index (χ1) is 10.3. The molecule has 0 bridgehead atoms. The van der Waals surface area contributed by atoms with Gasteiger partial charge in [-0.15, -0.1) is 0 Å². The van der Waals surface area contributed by atoms with Crippen LogP contribution in [0.2, 0.25) is 0 Å². The summed E-state index contributed by atoms with van der Waals surface area (Å²) >= 11 is 0. The highest BCUT2D eigenvalue weighted by Crippen LogP contribution is 2.13. The normalized spacial score (nSPS) is 16.0. The lowest BCUT2D eigenvalue weighted by Gasteiger charge is -2.22. The summed E-state index contributed by atoms with van der Waals surface area (Å²) in [7, 11) is 0. The van der Waals surface area contributed by atoms with E-state index in [0.29, 0.717) is 23.2 Å². The minimum absolute atomic E-state index is 0.235. The van der Waals surface area contributed by atoms with Crippen LogP contribution in [0.3, 0.4) is 0 Å². The zero-order valence-electron chi connectivity index (χ0n) is 11.7. The van der Waals surface area contributed by atoms with E-state index in [1.54, 1.807) is 24.3 Å². The van der Waals surface area contributed by atoms with E-state index in [2.05, 4.69) is 20.8 Å². The Morgan fingerprint density at radius 2 is 1.95 bits per heavy atom. The molecule has 1 aromatic carbocycles. The number of amides is 1. The van der Waals surface area contributed by atoms with Crippen molar-refractivity contribution in [1.29, 1.82) is 0 Å². The summed E-state index contributed by atoms with van der Waals surface area (Å²) in [6, 6.07) is 7.01. The van der Waals surface area contributed by atoms with Gasteiger partial charge in [-0.05, 0) is 37.9 Å². The summed E-state index contributed by atoms with van der Waals surface area (Å²) in [5.74, 6) is 0.269. The summed E-state index contributed by atoms with van der Waals surface area (Å²) in [6.07, 6.45) is 2.14. The minimum atomic E-state index is -0.277. The molecular weight excluding hydrogens is 268 g/mol. The zero-order chi connectivity index (χ0) is 14.7. The fourth-order valence-corrected chi connectivity index (χ4v) is 2.69. The van der Waals surface area contributed by atoms with Crippen LogP contribution in [0, 0.1) is 5.92 Å². The van der Waals surface area contributed by atoms with Gasteiger partial charge in [-0.25, -0.2) is 5.10 Å². The number of aromatic nitrogens is 2. The van der Waals surface area contributed by atoms with Crippen molar-refractivity contribution >= 4 is 16.7 Å². The second-order valence-corrected chi connectivity index (χ2v) is 5.35. The van der Waals surface area contributed by atoms with Crippen LogP contribution in [0.25, 0.3) is 10.8 Å². The van der Waals surface area contributed by atoms with Crippen LogP contribution in [-0.4, -0.2) is 35.7 Å². The third kappa shape index (κ3) is 2.95. The monoisotopic (exact) mass is 286 g/mol. The smallest absolute Gasteiger partial charge is 0.272 e. The van der Waals surface area contributed by atoms with E-state index in [4.69, 9.17) is 0 Å². The Hall–Kier alpha value is -2.21. The summed E-state index contributed by atoms with van der Waals surface area (Å²) in [4.78, 5) is 24.0. The van der Waals surface area contributed by atoms with E-state index in [0.717, 1.165) is 25.9 Å². The predicted molar refractivity (Wildman–Crippen MR) is 80.3 cm³/mol. The maximum absolute atomic E-state index is 12.3. The Balaban J connectivity index is 1.78. The highest BCUT2D eigenvalue weighted by molar-refractivity contribution is 6.04. The zero-order valence-corrected chi connectivity index (χ0v) is 11.7. The van der Waals surface area contributed by atoms with Crippen molar-refractivity contribution in [3.8, 4) is 0 Å². The van der Waals surface area contributed by atoms with Crippen molar-refractivity contribution in [2.45, 2.75) is 12.8 Å². The standard InChI is InChI=1S/C15H18N4O2/c20-14-12-4-2-1-3-11(12)13(18-19-14)15(21)17-9-10-5-7-16-8-6-10/h1-4,10,16H,5-9H2,(H,17,21)(H,19,20). The van der Waals surface area contributed by atoms with E-state index in [9.17, 15) is 9.59 Å². The molecule has 3 N–H and O–H groups in total. The molecule has 6 nitrogen and oxygen atoms in total. The van der Waals surface area contributed by atoms with E-state index >= 15 is 0 Å². The molecule has 2 heterocycles. The second-order valence-electron chi connectivity index (χ2n) is 5.35. The van der Waals surface area contributed by atoms with Crippen molar-refractivity contribution in [3.63, 3.8) is 0 Å². The number of nitrogens with zero attached hydrogens (tertiary/aromatic N) is 1. The molecule has 1 aromatic heterocycles. The van der Waals surface area contributed by atoms with Gasteiger partial charge in [0.2, 0.25) is 0 Å². The third-order valence-corrected chi connectivity index (χ3v) is 3.92. The summed E-state index contributed by atoms with van der Waals surface area (Å²) in [5, 5.41) is 13.6. The summed E-state index contributed by atoms with van der Waals surface area (Å²) < 4.78 is 0. The van der Waals surface area contributed by atoms with Crippen LogP contribution in [0.4, 0.5) is 0 Å². The molecule has 1 aliphatic heterocycles. The van der Waals surface area contributed by atoms with Crippen molar-refractivity contribution in [1.82, 2.24) is 20.8 Å². The van der Waals surface area contributed by atoms with Crippen molar-refractivity contribution in [2.75, 3.05) is 19.6 Å². The topological polar surface area (TPSA) is 86.9 Å². The molecule has 6 heteroatoms. The van der Waals surface area contributed by atoms with Gasteiger partial charge in [-0.3, -0.25) is 9.59 Å². The van der Waals surface area contributed by atoms with Gasteiger partial charge >= 0.3 is 0 Å². The molecule has 1 saturated heterocycles. The first-order valence-electron chi connectivity index (χ1n) is 7.22. The molecule has 0 aliphatic carbocycles. The van der Waals surface area contributed by atoms with Crippen molar-refractivity contribution < 1.29 is 4.79 Å². The van der Waals surface area contributed by atoms with Crippen molar-refractivity contribution in [2.24, 2.45) is 5.92 Å². The molecule has 0 spiro atoms. The lowest BCUT2D eigenvalue weighted by atomic mass is 9.98. The average molecular weight is 286 g/mol. The van der Waals surface area contributed by atoms with Gasteiger partial charge in [0, 0.05) is 11.9 Å². The van der Waals surface area contributed by atoms with E-state index in [1.165, 1.54) is 0 Å². The van der Waals surface area contributed by atoms with E-state index in [1.807, 2.05) is 0 Å². The quantitative estimate of drug-likeness (QED) is 0.773.